The molecule has 1 rings (SSSR count). The molecule has 18 heavy (non-hydrogen) atoms. The Labute approximate surface area is 113 Å². The first-order chi connectivity index (χ1) is 8.52. The second-order valence-corrected chi connectivity index (χ2v) is 5.17. The zero-order valence-electron chi connectivity index (χ0n) is 10.8. The summed E-state index contributed by atoms with van der Waals surface area (Å²) in [6, 6.07) is 7.30. The van der Waals surface area contributed by atoms with Crippen molar-refractivity contribution in [3.8, 4) is 0 Å². The predicted molar refractivity (Wildman–Crippen MR) is 73.6 cm³/mol. The number of amides is 1. The van der Waals surface area contributed by atoms with Crippen molar-refractivity contribution in [1.29, 1.82) is 0 Å². The van der Waals surface area contributed by atoms with Crippen molar-refractivity contribution in [2.24, 2.45) is 5.92 Å². The Bertz CT molecular complexity index is 393. The molecule has 0 fully saturated rings. The number of aliphatic hydroxyl groups excluding tert-OH is 1. The van der Waals surface area contributed by atoms with Crippen molar-refractivity contribution in [3.05, 3.63) is 34.9 Å². The lowest BCUT2D eigenvalue weighted by Gasteiger charge is -2.21. The molecule has 4 heteroatoms. The maximum atomic E-state index is 11.9. The van der Waals surface area contributed by atoms with E-state index in [9.17, 15) is 4.79 Å². The number of nitrogens with one attached hydrogen (secondary N) is 1. The van der Waals surface area contributed by atoms with Gasteiger partial charge in [0.1, 0.15) is 0 Å². The first kappa shape index (κ1) is 15.0. The molecule has 0 saturated carbocycles. The number of halogens is 1. The molecule has 0 radical (unpaired) electrons. The molecule has 1 atom stereocenters. The average Bonchev–Trinajstić information content (AvgIpc) is 2.28. The second kappa shape index (κ2) is 7.39. The van der Waals surface area contributed by atoms with Crippen LogP contribution in [0.15, 0.2) is 24.3 Å². The summed E-state index contributed by atoms with van der Waals surface area (Å²) in [6.45, 7) is 4.14. The molecular weight excluding hydrogens is 250 g/mol. The molecular formula is C14H20ClNO2. The molecule has 0 saturated heterocycles. The Balaban J connectivity index is 2.55. The smallest absolute Gasteiger partial charge is 0.224 e. The summed E-state index contributed by atoms with van der Waals surface area (Å²) >= 11 is 5.87. The van der Waals surface area contributed by atoms with Gasteiger partial charge >= 0.3 is 0 Å². The first-order valence-electron chi connectivity index (χ1n) is 6.17. The Hall–Kier alpha value is -1.06. The van der Waals surface area contributed by atoms with Gasteiger partial charge in [-0.15, -0.1) is 0 Å². The minimum Gasteiger partial charge on any atom is -0.396 e. The van der Waals surface area contributed by atoms with Gasteiger partial charge in [0.15, 0.2) is 0 Å². The topological polar surface area (TPSA) is 49.3 Å². The number of aliphatic hydroxyl groups is 1. The molecule has 1 amide bonds. The van der Waals surface area contributed by atoms with Crippen LogP contribution in [0.3, 0.4) is 0 Å². The normalized spacial score (nSPS) is 12.5. The third-order valence-electron chi connectivity index (χ3n) is 2.84. The van der Waals surface area contributed by atoms with E-state index < -0.39 is 0 Å². The van der Waals surface area contributed by atoms with E-state index in [2.05, 4.69) is 5.32 Å². The molecule has 3 nitrogen and oxygen atoms in total. The van der Waals surface area contributed by atoms with Gasteiger partial charge < -0.3 is 10.4 Å². The lowest BCUT2D eigenvalue weighted by molar-refractivity contribution is -0.121. The van der Waals surface area contributed by atoms with Gasteiger partial charge in [0.25, 0.3) is 0 Å². The lowest BCUT2D eigenvalue weighted by atomic mass is 10.0. The van der Waals surface area contributed by atoms with Gasteiger partial charge in [0.2, 0.25) is 5.91 Å². The van der Waals surface area contributed by atoms with Gasteiger partial charge in [-0.3, -0.25) is 4.79 Å². The summed E-state index contributed by atoms with van der Waals surface area (Å²) in [7, 11) is 0. The Morgan fingerprint density at radius 1 is 1.44 bits per heavy atom. The molecule has 0 bridgehead atoms. The number of benzene rings is 1. The Morgan fingerprint density at radius 2 is 2.17 bits per heavy atom. The summed E-state index contributed by atoms with van der Waals surface area (Å²) in [5.41, 5.74) is 0.895. The van der Waals surface area contributed by atoms with Crippen molar-refractivity contribution in [3.63, 3.8) is 0 Å². The lowest BCUT2D eigenvalue weighted by Crippen LogP contribution is -2.40. The number of hydrogen-bond donors (Lipinski definition) is 2. The minimum atomic E-state index is -0.0376. The van der Waals surface area contributed by atoms with Crippen LogP contribution in [0.1, 0.15) is 25.8 Å². The van der Waals surface area contributed by atoms with Gasteiger partial charge in [-0.1, -0.05) is 37.6 Å². The third-order valence-corrected chi connectivity index (χ3v) is 3.08. The van der Waals surface area contributed by atoms with Crippen molar-refractivity contribution in [2.75, 3.05) is 6.61 Å². The first-order valence-corrected chi connectivity index (χ1v) is 6.55. The van der Waals surface area contributed by atoms with Crippen LogP contribution >= 0.6 is 11.6 Å². The highest BCUT2D eigenvalue weighted by molar-refractivity contribution is 6.30. The van der Waals surface area contributed by atoms with Crippen LogP contribution < -0.4 is 5.32 Å². The number of rotatable bonds is 6. The molecule has 0 spiro atoms. The van der Waals surface area contributed by atoms with E-state index >= 15 is 0 Å². The highest BCUT2D eigenvalue weighted by Crippen LogP contribution is 2.12. The largest absolute Gasteiger partial charge is 0.396 e. The van der Waals surface area contributed by atoms with Crippen LogP contribution in [0, 0.1) is 5.92 Å². The standard InChI is InChI=1S/C14H20ClNO2/c1-10(2)13(6-7-17)16-14(18)9-11-4-3-5-12(15)8-11/h3-5,8,10,13,17H,6-7,9H2,1-2H3,(H,16,18). The molecule has 2 N–H and O–H groups in total. The van der Waals surface area contributed by atoms with E-state index in [4.69, 9.17) is 16.7 Å². The Kier molecular flexibility index (Phi) is 6.16. The van der Waals surface area contributed by atoms with Crippen molar-refractivity contribution in [2.45, 2.75) is 32.7 Å². The van der Waals surface area contributed by atoms with Gasteiger partial charge in [-0.25, -0.2) is 0 Å². The van der Waals surface area contributed by atoms with Crippen LogP contribution in [0.25, 0.3) is 0 Å². The van der Waals surface area contributed by atoms with Crippen LogP contribution in [-0.4, -0.2) is 23.7 Å². The molecule has 0 aromatic heterocycles. The molecule has 1 unspecified atom stereocenters. The molecule has 1 aromatic rings. The van der Waals surface area contributed by atoms with Gasteiger partial charge in [-0.05, 0) is 30.0 Å². The molecule has 1 aromatic carbocycles. The van der Waals surface area contributed by atoms with E-state index in [-0.39, 0.29) is 18.6 Å². The molecule has 0 aliphatic rings. The van der Waals surface area contributed by atoms with Gasteiger partial charge in [0, 0.05) is 17.7 Å². The quantitative estimate of drug-likeness (QED) is 0.833. The average molecular weight is 270 g/mol. The van der Waals surface area contributed by atoms with E-state index in [1.807, 2.05) is 26.0 Å². The summed E-state index contributed by atoms with van der Waals surface area (Å²) in [5.74, 6) is 0.268. The van der Waals surface area contributed by atoms with Crippen LogP contribution in [0.2, 0.25) is 5.02 Å². The molecule has 100 valence electrons. The summed E-state index contributed by atoms with van der Waals surface area (Å²) in [6.07, 6.45) is 0.897. The van der Waals surface area contributed by atoms with E-state index in [1.54, 1.807) is 12.1 Å². The maximum Gasteiger partial charge on any atom is 0.224 e. The van der Waals surface area contributed by atoms with Gasteiger partial charge in [0.05, 0.1) is 6.42 Å². The van der Waals surface area contributed by atoms with Crippen molar-refractivity contribution in [1.82, 2.24) is 5.32 Å². The summed E-state index contributed by atoms with van der Waals surface area (Å²) in [4.78, 5) is 11.9. The second-order valence-electron chi connectivity index (χ2n) is 4.74. The van der Waals surface area contributed by atoms with E-state index in [1.165, 1.54) is 0 Å². The fraction of sp³-hybridized carbons (Fsp3) is 0.500. The summed E-state index contributed by atoms with van der Waals surface area (Å²) < 4.78 is 0. The SMILES string of the molecule is CC(C)C(CCO)NC(=O)Cc1cccc(Cl)c1. The fourth-order valence-electron chi connectivity index (χ4n) is 1.80. The minimum absolute atomic E-state index is 0.0154. The number of hydrogen-bond acceptors (Lipinski definition) is 2. The van der Waals surface area contributed by atoms with E-state index in [0.717, 1.165) is 5.56 Å². The van der Waals surface area contributed by atoms with Crippen LogP contribution in [0.4, 0.5) is 0 Å². The highest BCUT2D eigenvalue weighted by atomic mass is 35.5. The molecule has 0 heterocycles. The van der Waals surface area contributed by atoms with E-state index in [0.29, 0.717) is 23.8 Å². The van der Waals surface area contributed by atoms with Crippen LogP contribution in [0.5, 0.6) is 0 Å². The van der Waals surface area contributed by atoms with Crippen LogP contribution in [-0.2, 0) is 11.2 Å². The van der Waals surface area contributed by atoms with Crippen molar-refractivity contribution < 1.29 is 9.90 Å². The van der Waals surface area contributed by atoms with Gasteiger partial charge in [-0.2, -0.15) is 0 Å². The fourth-order valence-corrected chi connectivity index (χ4v) is 2.01. The number of carbonyl (C=O) groups excluding carboxylic acids is 1. The maximum absolute atomic E-state index is 11.9. The zero-order chi connectivity index (χ0) is 13.5. The Morgan fingerprint density at radius 3 is 2.72 bits per heavy atom. The molecule has 0 aliphatic heterocycles. The highest BCUT2D eigenvalue weighted by Gasteiger charge is 2.15. The monoisotopic (exact) mass is 269 g/mol. The third kappa shape index (κ3) is 5.07. The zero-order valence-corrected chi connectivity index (χ0v) is 11.6. The summed E-state index contributed by atoms with van der Waals surface area (Å²) in [5, 5.41) is 12.5. The predicted octanol–water partition coefficient (Wildman–Crippen LogP) is 2.41. The van der Waals surface area contributed by atoms with Crippen molar-refractivity contribution >= 4 is 17.5 Å². The number of carbonyl (C=O) groups is 1. The molecule has 0 aliphatic carbocycles.